The second-order valence-corrected chi connectivity index (χ2v) is 14.7. The van der Waals surface area contributed by atoms with Gasteiger partial charge in [-0.2, -0.15) is 0 Å². The van der Waals surface area contributed by atoms with Gasteiger partial charge in [0.2, 0.25) is 0 Å². The molecule has 234 valence electrons. The predicted molar refractivity (Wildman–Crippen MR) is 205 cm³/mol. The van der Waals surface area contributed by atoms with Crippen molar-refractivity contribution in [2.75, 3.05) is 0 Å². The summed E-state index contributed by atoms with van der Waals surface area (Å²) in [5, 5.41) is 5.03. The molecule has 2 aliphatic rings. The van der Waals surface area contributed by atoms with Crippen molar-refractivity contribution >= 4 is 89.2 Å². The minimum absolute atomic E-state index is 0.0714. The lowest BCUT2D eigenvalue weighted by molar-refractivity contribution is 0.669. The number of hydrogen-bond donors (Lipinski definition) is 0. The molecular weight excluding hydrogens is 599 g/mol. The minimum atomic E-state index is 0.0714. The third-order valence-electron chi connectivity index (χ3n) is 12.8. The van der Waals surface area contributed by atoms with Gasteiger partial charge in [-0.1, -0.05) is 48.5 Å². The van der Waals surface area contributed by atoms with Crippen molar-refractivity contribution in [3.8, 4) is 11.4 Å². The van der Waals surface area contributed by atoms with Gasteiger partial charge in [-0.15, -0.1) is 0 Å². The second kappa shape index (κ2) is 8.15. The number of rotatable bonds is 0. The maximum Gasteiger partial charge on any atom is 0.258 e. The summed E-state index contributed by atoms with van der Waals surface area (Å²) in [5.41, 5.74) is 25.8. The van der Waals surface area contributed by atoms with Crippen molar-refractivity contribution < 1.29 is 4.42 Å². The van der Waals surface area contributed by atoms with Gasteiger partial charge >= 0.3 is 0 Å². The molecule has 0 unspecified atom stereocenters. The Morgan fingerprint density at radius 2 is 1.18 bits per heavy atom. The topological polar surface area (TPSA) is 31.8 Å². The standard InChI is InChI=1S/C43H33BN4O/c1-20-16-17-29-36-43-47(31-18-19-33-34(28-13-9-11-15-32(28)49-33)41(31)48(43)38(29)21(20)2)40-24(5)22(3)23(4)39-37(40)44(36)35-27-12-8-10-14-30(27)45-25(6)26(7)46(39)42(35)45/h8-19H,1-7H3. The number of aryl methyl sites for hydroxylation is 3. The Bertz CT molecular complexity index is 3240. The molecule has 10 aromatic rings. The fourth-order valence-corrected chi connectivity index (χ4v) is 10.2. The van der Waals surface area contributed by atoms with Gasteiger partial charge in [-0.25, -0.2) is 0 Å². The van der Waals surface area contributed by atoms with E-state index in [2.05, 4.69) is 139 Å². The Hall–Kier alpha value is -5.62. The summed E-state index contributed by atoms with van der Waals surface area (Å²) in [5.74, 6) is 0. The van der Waals surface area contributed by atoms with Crippen molar-refractivity contribution in [1.82, 2.24) is 17.9 Å². The monoisotopic (exact) mass is 632 g/mol. The van der Waals surface area contributed by atoms with Gasteiger partial charge in [0.25, 0.3) is 6.71 Å². The van der Waals surface area contributed by atoms with Crippen molar-refractivity contribution in [3.63, 3.8) is 0 Å². The maximum absolute atomic E-state index is 6.54. The van der Waals surface area contributed by atoms with E-state index in [1.807, 2.05) is 0 Å². The fourth-order valence-electron chi connectivity index (χ4n) is 10.2. The summed E-state index contributed by atoms with van der Waals surface area (Å²) in [6.45, 7) is 16.3. The van der Waals surface area contributed by atoms with Gasteiger partial charge in [-0.05, 0) is 128 Å². The van der Waals surface area contributed by atoms with Crippen LogP contribution in [0.1, 0.15) is 39.2 Å². The molecule has 0 aliphatic carbocycles. The van der Waals surface area contributed by atoms with Crippen LogP contribution >= 0.6 is 0 Å². The first-order chi connectivity index (χ1) is 23.8. The average Bonchev–Trinajstić information content (AvgIpc) is 3.89. The van der Waals surface area contributed by atoms with Gasteiger partial charge in [0.05, 0.1) is 27.5 Å². The molecule has 0 spiro atoms. The number of fused-ring (bicyclic) bond motifs is 17. The Kier molecular flexibility index (Phi) is 4.38. The molecule has 7 heterocycles. The molecule has 0 atom stereocenters. The van der Waals surface area contributed by atoms with E-state index in [0.717, 1.165) is 16.6 Å². The molecule has 5 aromatic heterocycles. The van der Waals surface area contributed by atoms with E-state index in [1.54, 1.807) is 0 Å². The first kappa shape index (κ1) is 26.4. The van der Waals surface area contributed by atoms with Crippen LogP contribution < -0.4 is 16.4 Å². The molecular formula is C43H33BN4O. The van der Waals surface area contributed by atoms with Crippen LogP contribution in [0.15, 0.2) is 77.2 Å². The summed E-state index contributed by atoms with van der Waals surface area (Å²) in [6.07, 6.45) is 0. The highest BCUT2D eigenvalue weighted by Crippen LogP contribution is 2.44. The Morgan fingerprint density at radius 1 is 0.490 bits per heavy atom. The van der Waals surface area contributed by atoms with Crippen molar-refractivity contribution in [1.29, 1.82) is 0 Å². The summed E-state index contributed by atoms with van der Waals surface area (Å²) >= 11 is 0. The van der Waals surface area contributed by atoms with Crippen LogP contribution in [0.5, 0.6) is 0 Å². The molecule has 12 rings (SSSR count). The number of benzene rings is 5. The minimum Gasteiger partial charge on any atom is -0.456 e. The highest BCUT2D eigenvalue weighted by molar-refractivity contribution is 7.02. The zero-order chi connectivity index (χ0) is 32.9. The van der Waals surface area contributed by atoms with Gasteiger partial charge in [0.1, 0.15) is 22.5 Å². The third kappa shape index (κ3) is 2.62. The van der Waals surface area contributed by atoms with Crippen molar-refractivity contribution in [3.05, 3.63) is 112 Å². The van der Waals surface area contributed by atoms with E-state index >= 15 is 0 Å². The third-order valence-corrected chi connectivity index (χ3v) is 12.8. The first-order valence-corrected chi connectivity index (χ1v) is 17.4. The molecule has 0 radical (unpaired) electrons. The normalized spacial score (nSPS) is 13.6. The molecule has 49 heavy (non-hydrogen) atoms. The zero-order valence-corrected chi connectivity index (χ0v) is 28.7. The van der Waals surface area contributed by atoms with Gasteiger partial charge in [0.15, 0.2) is 0 Å². The van der Waals surface area contributed by atoms with Crippen LogP contribution in [0.25, 0.3) is 77.4 Å². The van der Waals surface area contributed by atoms with Crippen LogP contribution in [0.2, 0.25) is 0 Å². The van der Waals surface area contributed by atoms with E-state index in [4.69, 9.17) is 4.42 Å². The lowest BCUT2D eigenvalue weighted by Crippen LogP contribution is -2.59. The van der Waals surface area contributed by atoms with E-state index < -0.39 is 0 Å². The molecule has 0 fully saturated rings. The van der Waals surface area contributed by atoms with Crippen molar-refractivity contribution in [2.45, 2.75) is 48.5 Å². The van der Waals surface area contributed by atoms with E-state index in [1.165, 1.54) is 116 Å². The van der Waals surface area contributed by atoms with E-state index in [-0.39, 0.29) is 6.71 Å². The maximum atomic E-state index is 6.54. The molecule has 2 aliphatic heterocycles. The summed E-state index contributed by atoms with van der Waals surface area (Å²) in [6, 6.07) is 26.8. The van der Waals surface area contributed by atoms with Crippen LogP contribution in [-0.2, 0) is 0 Å². The largest absolute Gasteiger partial charge is 0.456 e. The highest BCUT2D eigenvalue weighted by atomic mass is 16.3. The highest BCUT2D eigenvalue weighted by Gasteiger charge is 2.46. The van der Waals surface area contributed by atoms with E-state index in [9.17, 15) is 0 Å². The van der Waals surface area contributed by atoms with Crippen LogP contribution in [0, 0.1) is 48.5 Å². The zero-order valence-electron chi connectivity index (χ0n) is 28.7. The number of nitrogens with zero attached hydrogens (tertiary/aromatic N) is 4. The molecule has 5 aromatic carbocycles. The molecule has 0 saturated heterocycles. The average molecular weight is 633 g/mol. The molecule has 0 saturated carbocycles. The fraction of sp³-hybridized carbons (Fsp3) is 0.163. The first-order valence-electron chi connectivity index (χ1n) is 17.4. The number of para-hydroxylation sites is 2. The number of aromatic nitrogens is 4. The number of furan rings is 1. The SMILES string of the molecule is Cc1ccc2c3c4n(c5ccc6oc7ccccc7c6c5n4c2c1C)-c1c(C)c(C)c(C)c2c1B3c1c3ccccc3n3c(C)c(C)n-2c13. The summed E-state index contributed by atoms with van der Waals surface area (Å²) < 4.78 is 16.9. The van der Waals surface area contributed by atoms with Crippen molar-refractivity contribution in [2.24, 2.45) is 0 Å². The quantitative estimate of drug-likeness (QED) is 0.155. The van der Waals surface area contributed by atoms with Gasteiger partial charge in [-0.3, -0.25) is 17.9 Å². The lowest BCUT2D eigenvalue weighted by atomic mass is 9.34. The second-order valence-electron chi connectivity index (χ2n) is 14.7. The molecule has 6 heteroatoms. The molecule has 0 bridgehead atoms. The van der Waals surface area contributed by atoms with Crippen LogP contribution in [0.4, 0.5) is 0 Å². The predicted octanol–water partition coefficient (Wildman–Crippen LogP) is 8.43. The van der Waals surface area contributed by atoms with Gasteiger partial charge < -0.3 is 4.42 Å². The smallest absolute Gasteiger partial charge is 0.258 e. The lowest BCUT2D eigenvalue weighted by Gasteiger charge is -2.35. The van der Waals surface area contributed by atoms with Gasteiger partial charge in [0, 0.05) is 28.1 Å². The van der Waals surface area contributed by atoms with Crippen LogP contribution in [0.3, 0.4) is 0 Å². The summed E-state index contributed by atoms with van der Waals surface area (Å²) in [7, 11) is 0. The molecule has 5 nitrogen and oxygen atoms in total. The molecule has 0 amide bonds. The Balaban J connectivity index is 1.44. The molecule has 0 N–H and O–H groups in total. The number of imidazole rings is 2. The van der Waals surface area contributed by atoms with Crippen LogP contribution in [-0.4, -0.2) is 24.6 Å². The number of hydrogen-bond acceptors (Lipinski definition) is 1. The summed E-state index contributed by atoms with van der Waals surface area (Å²) in [4.78, 5) is 0. The van der Waals surface area contributed by atoms with E-state index in [0.29, 0.717) is 0 Å². The Morgan fingerprint density at radius 3 is 2.00 bits per heavy atom. The Labute approximate surface area is 282 Å².